The molecule has 5 nitrogen and oxygen atoms in total. The van der Waals surface area contributed by atoms with Crippen molar-refractivity contribution in [3.63, 3.8) is 0 Å². The Hall–Kier alpha value is -0.560. The molecule has 136 valence electrons. The van der Waals surface area contributed by atoms with Gasteiger partial charge in [0.1, 0.15) is 5.60 Å². The van der Waals surface area contributed by atoms with Gasteiger partial charge in [0.2, 0.25) is 0 Å². The number of ether oxygens (including phenoxy) is 1. The lowest BCUT2D eigenvalue weighted by Crippen LogP contribution is -2.34. The van der Waals surface area contributed by atoms with Crippen molar-refractivity contribution in [3.8, 4) is 0 Å². The lowest BCUT2D eigenvalue weighted by Gasteiger charge is -2.24. The highest BCUT2D eigenvalue weighted by Gasteiger charge is 2.22. The molecule has 7 heteroatoms. The molecule has 0 fully saturated rings. The van der Waals surface area contributed by atoms with Gasteiger partial charge in [-0.15, -0.1) is 0 Å². The highest BCUT2D eigenvalue weighted by Crippen LogP contribution is 2.40. The fourth-order valence-corrected chi connectivity index (χ4v) is 4.37. The number of carbonyl (C=O) groups is 2. The Morgan fingerprint density at radius 2 is 1.74 bits per heavy atom. The molecule has 1 amide bonds. The molecule has 0 aliphatic carbocycles. The molecule has 0 aromatic carbocycles. The zero-order chi connectivity index (χ0) is 18.3. The number of carboxylic acid groups (broad SMARTS) is 1. The summed E-state index contributed by atoms with van der Waals surface area (Å²) in [6, 6.07) is 0. The molecular weight excluding hydrogens is 334 g/mol. The minimum absolute atomic E-state index is 0.105. The van der Waals surface area contributed by atoms with E-state index in [1.807, 2.05) is 20.8 Å². The minimum atomic E-state index is -0.781. The number of rotatable bonds is 8. The maximum Gasteiger partial charge on any atom is 0.407 e. The highest BCUT2D eigenvalue weighted by molar-refractivity contribution is 8.77. The van der Waals surface area contributed by atoms with Crippen molar-refractivity contribution in [2.75, 3.05) is 6.54 Å². The number of hydrogen-bond acceptors (Lipinski definition) is 5. The van der Waals surface area contributed by atoms with Gasteiger partial charge in [0.15, 0.2) is 0 Å². The Morgan fingerprint density at radius 3 is 2.17 bits per heavy atom. The van der Waals surface area contributed by atoms with E-state index in [9.17, 15) is 9.59 Å². The van der Waals surface area contributed by atoms with Crippen molar-refractivity contribution in [3.05, 3.63) is 0 Å². The van der Waals surface area contributed by atoms with Gasteiger partial charge >= 0.3 is 12.1 Å². The van der Waals surface area contributed by atoms with Gasteiger partial charge in [-0.3, -0.25) is 4.79 Å². The Labute approximate surface area is 148 Å². The summed E-state index contributed by atoms with van der Waals surface area (Å²) in [6.45, 7) is 14.0. The normalized spacial score (nSPS) is 14.9. The van der Waals surface area contributed by atoms with Crippen LogP contribution in [0.4, 0.5) is 4.79 Å². The van der Waals surface area contributed by atoms with Crippen molar-refractivity contribution >= 4 is 33.7 Å². The Balaban J connectivity index is 4.40. The number of aliphatic carboxylic acids is 1. The number of hydrogen-bond donors (Lipinski definition) is 2. The van der Waals surface area contributed by atoms with Crippen molar-refractivity contribution in [1.29, 1.82) is 0 Å². The third kappa shape index (κ3) is 13.6. The molecule has 0 aromatic rings. The van der Waals surface area contributed by atoms with Gasteiger partial charge < -0.3 is 15.2 Å². The Bertz CT molecular complexity index is 389. The Morgan fingerprint density at radius 1 is 1.17 bits per heavy atom. The van der Waals surface area contributed by atoms with E-state index in [1.165, 1.54) is 0 Å². The zero-order valence-corrected chi connectivity index (χ0v) is 16.9. The van der Waals surface area contributed by atoms with E-state index in [0.29, 0.717) is 19.4 Å². The molecule has 0 heterocycles. The first-order valence-electron chi connectivity index (χ1n) is 7.84. The van der Waals surface area contributed by atoms with Gasteiger partial charge in [-0.05, 0) is 33.6 Å². The van der Waals surface area contributed by atoms with Crippen LogP contribution in [-0.4, -0.2) is 39.3 Å². The number of carbonyl (C=O) groups excluding carboxylic acids is 1. The van der Waals surface area contributed by atoms with Crippen LogP contribution >= 0.6 is 21.6 Å². The first-order chi connectivity index (χ1) is 10.3. The summed E-state index contributed by atoms with van der Waals surface area (Å²) in [6.07, 6.45) is 0.861. The van der Waals surface area contributed by atoms with E-state index < -0.39 is 23.6 Å². The van der Waals surface area contributed by atoms with Gasteiger partial charge in [0.05, 0.1) is 5.92 Å². The van der Waals surface area contributed by atoms with Crippen LogP contribution in [0.1, 0.15) is 61.3 Å². The van der Waals surface area contributed by atoms with Crippen LogP contribution in [0.2, 0.25) is 0 Å². The monoisotopic (exact) mass is 365 g/mol. The molecule has 0 saturated heterocycles. The predicted octanol–water partition coefficient (Wildman–Crippen LogP) is 4.56. The lowest BCUT2D eigenvalue weighted by molar-refractivity contribution is -0.141. The van der Waals surface area contributed by atoms with Gasteiger partial charge in [0, 0.05) is 16.5 Å². The second-order valence-corrected chi connectivity index (χ2v) is 10.9. The number of alkyl carbamates (subject to hydrolysis) is 1. The summed E-state index contributed by atoms with van der Waals surface area (Å²) in [5, 5.41) is 12.0. The van der Waals surface area contributed by atoms with E-state index in [-0.39, 0.29) is 10.00 Å². The standard InChI is InChI=1S/C16H31NO4S2/c1-11(13(18)19)10-12(22-23-16(5,6)7)8-9-17-14(20)21-15(2,3)4/h11-12H,8-10H2,1-7H3,(H,17,20)(H,18,19)/t11-,12?/m0/s1. The molecule has 1 unspecified atom stereocenters. The van der Waals surface area contributed by atoms with E-state index in [4.69, 9.17) is 9.84 Å². The maximum absolute atomic E-state index is 11.6. The van der Waals surface area contributed by atoms with Gasteiger partial charge in [0.25, 0.3) is 0 Å². The van der Waals surface area contributed by atoms with Gasteiger partial charge in [-0.1, -0.05) is 49.3 Å². The second kappa shape index (κ2) is 9.67. The van der Waals surface area contributed by atoms with Crippen LogP contribution in [0.3, 0.4) is 0 Å². The number of amides is 1. The average Bonchev–Trinajstić information content (AvgIpc) is 2.32. The molecule has 0 saturated carbocycles. The fourth-order valence-electron chi connectivity index (χ4n) is 1.56. The number of nitrogens with one attached hydrogen (secondary N) is 1. The summed E-state index contributed by atoms with van der Waals surface area (Å²) in [4.78, 5) is 22.7. The van der Waals surface area contributed by atoms with Crippen LogP contribution < -0.4 is 5.32 Å². The topological polar surface area (TPSA) is 75.6 Å². The molecule has 0 spiro atoms. The molecule has 0 aromatic heterocycles. The lowest BCUT2D eigenvalue weighted by atomic mass is 10.0. The molecule has 23 heavy (non-hydrogen) atoms. The van der Waals surface area contributed by atoms with E-state index in [0.717, 1.165) is 0 Å². The SMILES string of the molecule is C[C@@H](CC(CCNC(=O)OC(C)(C)C)SSC(C)(C)C)C(=O)O. The summed E-state index contributed by atoms with van der Waals surface area (Å²) >= 11 is 0. The van der Waals surface area contributed by atoms with Crippen LogP contribution in [-0.2, 0) is 9.53 Å². The van der Waals surface area contributed by atoms with Crippen LogP contribution in [0.15, 0.2) is 0 Å². The maximum atomic E-state index is 11.6. The summed E-state index contributed by atoms with van der Waals surface area (Å²) in [5.74, 6) is -1.17. The van der Waals surface area contributed by atoms with Crippen molar-refractivity contribution in [1.82, 2.24) is 5.32 Å². The van der Waals surface area contributed by atoms with Crippen molar-refractivity contribution in [2.45, 2.75) is 76.9 Å². The largest absolute Gasteiger partial charge is 0.481 e. The summed E-state index contributed by atoms with van der Waals surface area (Å²) in [5.41, 5.74) is -0.516. The van der Waals surface area contributed by atoms with Crippen LogP contribution in [0, 0.1) is 5.92 Å². The molecule has 2 N–H and O–H groups in total. The first kappa shape index (κ1) is 22.4. The van der Waals surface area contributed by atoms with Crippen LogP contribution in [0.25, 0.3) is 0 Å². The van der Waals surface area contributed by atoms with E-state index in [2.05, 4.69) is 26.1 Å². The molecule has 2 atom stereocenters. The van der Waals surface area contributed by atoms with E-state index in [1.54, 1.807) is 28.5 Å². The third-order valence-electron chi connectivity index (χ3n) is 2.61. The highest BCUT2D eigenvalue weighted by atomic mass is 33.1. The molecule has 0 radical (unpaired) electrons. The molecule has 0 bridgehead atoms. The smallest absolute Gasteiger partial charge is 0.407 e. The average molecular weight is 366 g/mol. The van der Waals surface area contributed by atoms with Gasteiger partial charge in [-0.25, -0.2) is 4.79 Å². The molecular formula is C16H31NO4S2. The fraction of sp³-hybridized carbons (Fsp3) is 0.875. The zero-order valence-electron chi connectivity index (χ0n) is 15.3. The van der Waals surface area contributed by atoms with Gasteiger partial charge in [-0.2, -0.15) is 0 Å². The molecule has 0 rings (SSSR count). The van der Waals surface area contributed by atoms with E-state index >= 15 is 0 Å². The summed E-state index contributed by atoms with van der Waals surface area (Å²) < 4.78 is 5.30. The van der Waals surface area contributed by atoms with Crippen molar-refractivity contribution in [2.24, 2.45) is 5.92 Å². The quantitative estimate of drug-likeness (QED) is 0.614. The first-order valence-corrected chi connectivity index (χ1v) is 10.1. The molecule has 0 aliphatic rings. The molecule has 0 aliphatic heterocycles. The summed E-state index contributed by atoms with van der Waals surface area (Å²) in [7, 11) is 3.44. The second-order valence-electron chi connectivity index (χ2n) is 7.61. The third-order valence-corrected chi connectivity index (χ3v) is 6.51. The predicted molar refractivity (Wildman–Crippen MR) is 99.0 cm³/mol. The Kier molecular flexibility index (Phi) is 9.43. The number of carboxylic acids is 1. The van der Waals surface area contributed by atoms with Crippen molar-refractivity contribution < 1.29 is 19.4 Å². The minimum Gasteiger partial charge on any atom is -0.481 e. The van der Waals surface area contributed by atoms with Crippen LogP contribution in [0.5, 0.6) is 0 Å².